The predicted octanol–water partition coefficient (Wildman–Crippen LogP) is 0.313. The molecule has 0 saturated carbocycles. The zero-order valence-electron chi connectivity index (χ0n) is 11.3. The van der Waals surface area contributed by atoms with Crippen LogP contribution in [-0.4, -0.2) is 23.2 Å². The van der Waals surface area contributed by atoms with Crippen molar-refractivity contribution in [3.8, 4) is 0 Å². The highest BCUT2D eigenvalue weighted by Crippen LogP contribution is 2.15. The van der Waals surface area contributed by atoms with Gasteiger partial charge in [-0.3, -0.25) is 4.68 Å². The molecule has 0 spiro atoms. The molecule has 2 rings (SSSR count). The number of hydrogen-bond acceptors (Lipinski definition) is 5. The SMILES string of the molecule is CC(N)c1cccc(S(=O)(=O)NCc2ncn(C)n2)c1. The number of rotatable bonds is 5. The molecule has 1 aromatic carbocycles. The second-order valence-corrected chi connectivity index (χ2v) is 6.29. The summed E-state index contributed by atoms with van der Waals surface area (Å²) in [6.07, 6.45) is 1.51. The lowest BCUT2D eigenvalue weighted by molar-refractivity contribution is 0.578. The molecule has 0 fully saturated rings. The molecule has 0 amide bonds. The van der Waals surface area contributed by atoms with Crippen LogP contribution in [0.2, 0.25) is 0 Å². The molecule has 2 aromatic rings. The monoisotopic (exact) mass is 295 g/mol. The summed E-state index contributed by atoms with van der Waals surface area (Å²) in [7, 11) is -1.88. The number of sulfonamides is 1. The zero-order valence-corrected chi connectivity index (χ0v) is 12.1. The van der Waals surface area contributed by atoms with Gasteiger partial charge in [-0.25, -0.2) is 18.1 Å². The Bertz CT molecular complexity index is 693. The smallest absolute Gasteiger partial charge is 0.240 e. The molecule has 108 valence electrons. The van der Waals surface area contributed by atoms with Crippen molar-refractivity contribution in [2.24, 2.45) is 12.8 Å². The lowest BCUT2D eigenvalue weighted by Gasteiger charge is -2.09. The van der Waals surface area contributed by atoms with E-state index in [1.54, 1.807) is 32.2 Å². The van der Waals surface area contributed by atoms with E-state index in [-0.39, 0.29) is 17.5 Å². The third-order valence-corrected chi connectivity index (χ3v) is 4.16. The van der Waals surface area contributed by atoms with E-state index >= 15 is 0 Å². The van der Waals surface area contributed by atoms with Crippen molar-refractivity contribution in [2.75, 3.05) is 0 Å². The van der Waals surface area contributed by atoms with Crippen LogP contribution >= 0.6 is 0 Å². The molecule has 0 bridgehead atoms. The third kappa shape index (κ3) is 3.41. The number of benzene rings is 1. The highest BCUT2D eigenvalue weighted by Gasteiger charge is 2.15. The fourth-order valence-corrected chi connectivity index (χ4v) is 2.71. The molecule has 0 aliphatic carbocycles. The van der Waals surface area contributed by atoms with E-state index in [9.17, 15) is 8.42 Å². The third-order valence-electron chi connectivity index (χ3n) is 2.76. The minimum absolute atomic E-state index is 0.0472. The standard InChI is InChI=1S/C12H17N5O2S/c1-9(13)10-4-3-5-11(6-10)20(18,19)15-7-12-14-8-17(2)16-12/h3-6,8-9,15H,7,13H2,1-2H3. The molecule has 0 aliphatic rings. The van der Waals surface area contributed by atoms with Crippen LogP contribution < -0.4 is 10.5 Å². The van der Waals surface area contributed by atoms with Crippen LogP contribution in [-0.2, 0) is 23.6 Å². The van der Waals surface area contributed by atoms with Crippen LogP contribution in [0.15, 0.2) is 35.5 Å². The Labute approximate surface area is 117 Å². The molecule has 8 heteroatoms. The van der Waals surface area contributed by atoms with E-state index in [1.807, 2.05) is 0 Å². The largest absolute Gasteiger partial charge is 0.324 e. The molecule has 7 nitrogen and oxygen atoms in total. The Kier molecular flexibility index (Phi) is 4.17. The van der Waals surface area contributed by atoms with E-state index < -0.39 is 10.0 Å². The van der Waals surface area contributed by atoms with Gasteiger partial charge in [-0.15, -0.1) is 0 Å². The first-order chi connectivity index (χ1) is 9.38. The van der Waals surface area contributed by atoms with Crippen LogP contribution in [0, 0.1) is 0 Å². The Balaban J connectivity index is 2.15. The Hall–Kier alpha value is -1.77. The van der Waals surface area contributed by atoms with Crippen molar-refractivity contribution in [1.29, 1.82) is 0 Å². The van der Waals surface area contributed by atoms with Crippen molar-refractivity contribution in [3.63, 3.8) is 0 Å². The normalized spacial score (nSPS) is 13.3. The van der Waals surface area contributed by atoms with Gasteiger partial charge in [-0.2, -0.15) is 5.10 Å². The van der Waals surface area contributed by atoms with E-state index in [0.29, 0.717) is 5.82 Å². The number of hydrogen-bond donors (Lipinski definition) is 2. The summed E-state index contributed by atoms with van der Waals surface area (Å²) in [5, 5.41) is 4.01. The molecule has 1 aromatic heterocycles. The number of nitrogens with zero attached hydrogens (tertiary/aromatic N) is 3. The highest BCUT2D eigenvalue weighted by atomic mass is 32.2. The summed E-state index contributed by atoms with van der Waals surface area (Å²) in [4.78, 5) is 4.15. The summed E-state index contributed by atoms with van der Waals surface area (Å²) in [6, 6.07) is 6.34. The minimum Gasteiger partial charge on any atom is -0.324 e. The van der Waals surface area contributed by atoms with E-state index in [1.165, 1.54) is 17.1 Å². The molecule has 0 saturated heterocycles. The van der Waals surface area contributed by atoms with Crippen LogP contribution in [0.25, 0.3) is 0 Å². The molecular weight excluding hydrogens is 278 g/mol. The van der Waals surface area contributed by atoms with Gasteiger partial charge in [-0.05, 0) is 24.6 Å². The van der Waals surface area contributed by atoms with Gasteiger partial charge < -0.3 is 5.73 Å². The van der Waals surface area contributed by atoms with Gasteiger partial charge in [0.25, 0.3) is 0 Å². The number of nitrogens with two attached hydrogens (primary N) is 1. The lowest BCUT2D eigenvalue weighted by Crippen LogP contribution is -2.24. The molecular formula is C12H17N5O2S. The summed E-state index contributed by atoms with van der Waals surface area (Å²) in [5.74, 6) is 0.416. The summed E-state index contributed by atoms with van der Waals surface area (Å²) < 4.78 is 28.3. The summed E-state index contributed by atoms with van der Waals surface area (Å²) in [6.45, 7) is 1.85. The van der Waals surface area contributed by atoms with E-state index in [4.69, 9.17) is 5.73 Å². The van der Waals surface area contributed by atoms with Crippen molar-refractivity contribution >= 4 is 10.0 Å². The molecule has 1 heterocycles. The van der Waals surface area contributed by atoms with E-state index in [2.05, 4.69) is 14.8 Å². The Morgan fingerprint density at radius 1 is 1.45 bits per heavy atom. The second-order valence-electron chi connectivity index (χ2n) is 4.52. The summed E-state index contributed by atoms with van der Waals surface area (Å²) >= 11 is 0. The van der Waals surface area contributed by atoms with Gasteiger partial charge in [-0.1, -0.05) is 12.1 Å². The number of nitrogens with one attached hydrogen (secondary N) is 1. The van der Waals surface area contributed by atoms with Crippen LogP contribution in [0.5, 0.6) is 0 Å². The van der Waals surface area contributed by atoms with Crippen LogP contribution in [0.4, 0.5) is 0 Å². The van der Waals surface area contributed by atoms with Gasteiger partial charge in [0.15, 0.2) is 5.82 Å². The summed E-state index contributed by atoms with van der Waals surface area (Å²) in [5.41, 5.74) is 6.52. The van der Waals surface area contributed by atoms with Crippen molar-refractivity contribution in [1.82, 2.24) is 19.5 Å². The van der Waals surface area contributed by atoms with Gasteiger partial charge >= 0.3 is 0 Å². The van der Waals surface area contributed by atoms with Crippen molar-refractivity contribution < 1.29 is 8.42 Å². The topological polar surface area (TPSA) is 103 Å². The number of aryl methyl sites for hydroxylation is 1. The van der Waals surface area contributed by atoms with Gasteiger partial charge in [0, 0.05) is 13.1 Å². The van der Waals surface area contributed by atoms with Gasteiger partial charge in [0.2, 0.25) is 10.0 Å². The maximum Gasteiger partial charge on any atom is 0.240 e. The first-order valence-electron chi connectivity index (χ1n) is 6.08. The first-order valence-corrected chi connectivity index (χ1v) is 7.56. The molecule has 3 N–H and O–H groups in total. The van der Waals surface area contributed by atoms with Crippen molar-refractivity contribution in [2.45, 2.75) is 24.4 Å². The molecule has 0 aliphatic heterocycles. The lowest BCUT2D eigenvalue weighted by atomic mass is 10.1. The Morgan fingerprint density at radius 3 is 2.80 bits per heavy atom. The molecule has 1 unspecified atom stereocenters. The molecule has 20 heavy (non-hydrogen) atoms. The maximum absolute atomic E-state index is 12.2. The zero-order chi connectivity index (χ0) is 14.8. The molecule has 0 radical (unpaired) electrons. The van der Waals surface area contributed by atoms with Gasteiger partial charge in [0.1, 0.15) is 6.33 Å². The second kappa shape index (κ2) is 5.70. The van der Waals surface area contributed by atoms with Gasteiger partial charge in [0.05, 0.1) is 11.4 Å². The average Bonchev–Trinajstić information content (AvgIpc) is 2.82. The van der Waals surface area contributed by atoms with E-state index in [0.717, 1.165) is 5.56 Å². The minimum atomic E-state index is -3.60. The Morgan fingerprint density at radius 2 is 2.20 bits per heavy atom. The van der Waals surface area contributed by atoms with Crippen LogP contribution in [0.3, 0.4) is 0 Å². The molecule has 1 atom stereocenters. The number of aromatic nitrogens is 3. The maximum atomic E-state index is 12.2. The van der Waals surface area contributed by atoms with Crippen LogP contribution in [0.1, 0.15) is 24.4 Å². The fraction of sp³-hybridized carbons (Fsp3) is 0.333. The average molecular weight is 295 g/mol. The predicted molar refractivity (Wildman–Crippen MR) is 74.1 cm³/mol. The quantitative estimate of drug-likeness (QED) is 0.826. The van der Waals surface area contributed by atoms with Crippen molar-refractivity contribution in [3.05, 3.63) is 42.0 Å². The fourth-order valence-electron chi connectivity index (χ4n) is 1.67. The first kappa shape index (κ1) is 14.6. The highest BCUT2D eigenvalue weighted by molar-refractivity contribution is 7.89.